The molecule has 7 nitrogen and oxygen atoms in total. The highest BCUT2D eigenvalue weighted by Gasteiger charge is 2.29. The summed E-state index contributed by atoms with van der Waals surface area (Å²) in [6.07, 6.45) is 7.82. The molecular formula is C23H29FN6O. The second-order valence-electron chi connectivity index (χ2n) is 8.15. The van der Waals surface area contributed by atoms with Crippen LogP contribution >= 0.6 is 0 Å². The Morgan fingerprint density at radius 2 is 2.16 bits per heavy atom. The van der Waals surface area contributed by atoms with Crippen molar-refractivity contribution in [1.82, 2.24) is 14.8 Å². The first-order valence-corrected chi connectivity index (χ1v) is 10.5. The third-order valence-corrected chi connectivity index (χ3v) is 5.67. The number of likely N-dealkylation sites (tertiary alicyclic amines) is 1. The average molecular weight is 425 g/mol. The van der Waals surface area contributed by atoms with Gasteiger partial charge in [-0.25, -0.2) is 20.2 Å². The van der Waals surface area contributed by atoms with Crippen LogP contribution in [0.4, 0.5) is 4.39 Å². The number of hydrogen-bond acceptors (Lipinski definition) is 6. The lowest BCUT2D eigenvalue weighted by molar-refractivity contribution is -0.125. The minimum absolute atomic E-state index is 0.114. The Kier molecular flexibility index (Phi) is 7.08. The number of rotatable bonds is 4. The minimum atomic E-state index is -0.461. The summed E-state index contributed by atoms with van der Waals surface area (Å²) in [7, 11) is 3.68. The maximum absolute atomic E-state index is 14.3. The van der Waals surface area contributed by atoms with Crippen molar-refractivity contribution in [2.45, 2.75) is 45.1 Å². The number of aliphatic imine (C=N–C) groups is 1. The van der Waals surface area contributed by atoms with E-state index in [2.05, 4.69) is 11.9 Å². The van der Waals surface area contributed by atoms with E-state index in [1.165, 1.54) is 11.1 Å². The van der Waals surface area contributed by atoms with Crippen LogP contribution in [0.3, 0.4) is 0 Å². The maximum Gasteiger partial charge on any atom is 0.272 e. The molecule has 8 heteroatoms. The van der Waals surface area contributed by atoms with E-state index < -0.39 is 5.82 Å². The highest BCUT2D eigenvalue weighted by Crippen LogP contribution is 2.22. The van der Waals surface area contributed by atoms with Crippen molar-refractivity contribution in [2.75, 3.05) is 20.6 Å². The molecule has 2 aliphatic rings. The van der Waals surface area contributed by atoms with Crippen LogP contribution in [0.2, 0.25) is 0 Å². The van der Waals surface area contributed by atoms with Gasteiger partial charge < -0.3 is 9.80 Å². The van der Waals surface area contributed by atoms with Crippen molar-refractivity contribution in [3.05, 3.63) is 58.9 Å². The van der Waals surface area contributed by atoms with E-state index in [1.807, 2.05) is 30.0 Å². The van der Waals surface area contributed by atoms with Gasteiger partial charge in [0.25, 0.3) is 5.91 Å². The topological polar surface area (TPSA) is 89.0 Å². The zero-order chi connectivity index (χ0) is 22.5. The molecule has 1 fully saturated rings. The van der Waals surface area contributed by atoms with E-state index in [0.29, 0.717) is 29.5 Å². The number of nitriles is 1. The third kappa shape index (κ3) is 5.12. The van der Waals surface area contributed by atoms with Gasteiger partial charge in [0, 0.05) is 32.8 Å². The minimum Gasteiger partial charge on any atom is -0.363 e. The molecule has 0 bridgehead atoms. The molecular weight excluding hydrogens is 395 g/mol. The number of hydrazine groups is 1. The zero-order valence-electron chi connectivity index (χ0n) is 18.3. The van der Waals surface area contributed by atoms with Crippen LogP contribution in [0.25, 0.3) is 0 Å². The lowest BCUT2D eigenvalue weighted by Gasteiger charge is -2.33. The van der Waals surface area contributed by atoms with E-state index in [0.717, 1.165) is 25.7 Å². The van der Waals surface area contributed by atoms with Gasteiger partial charge in [-0.1, -0.05) is 18.9 Å². The molecule has 1 amide bonds. The summed E-state index contributed by atoms with van der Waals surface area (Å²) in [5.74, 6) is 6.67. The molecule has 1 aromatic carbocycles. The Morgan fingerprint density at radius 1 is 1.39 bits per heavy atom. The SMILES string of the molecule is CC1CCCCCN1C(=O)C1=N/C(=C/Cc2ccc(C#N)cc2F)N(N)C(N(C)C)=C1. The molecule has 0 aliphatic carbocycles. The van der Waals surface area contributed by atoms with E-state index in [4.69, 9.17) is 11.1 Å². The van der Waals surface area contributed by atoms with E-state index in [9.17, 15) is 9.18 Å². The van der Waals surface area contributed by atoms with Crippen molar-refractivity contribution >= 4 is 11.6 Å². The fraction of sp³-hybridized carbons (Fsp3) is 0.435. The van der Waals surface area contributed by atoms with Gasteiger partial charge in [-0.2, -0.15) is 5.26 Å². The van der Waals surface area contributed by atoms with Gasteiger partial charge in [-0.05, 0) is 50.0 Å². The molecule has 2 heterocycles. The largest absolute Gasteiger partial charge is 0.363 e. The number of carbonyl (C=O) groups is 1. The third-order valence-electron chi connectivity index (χ3n) is 5.67. The van der Waals surface area contributed by atoms with Crippen molar-refractivity contribution in [1.29, 1.82) is 5.26 Å². The molecule has 2 aliphatic heterocycles. The number of carbonyl (C=O) groups excluding carboxylic acids is 1. The smallest absolute Gasteiger partial charge is 0.272 e. The molecule has 3 rings (SSSR count). The fourth-order valence-electron chi connectivity index (χ4n) is 3.82. The second-order valence-corrected chi connectivity index (χ2v) is 8.15. The van der Waals surface area contributed by atoms with Gasteiger partial charge in [0.2, 0.25) is 0 Å². The molecule has 0 saturated carbocycles. The number of amides is 1. The number of benzene rings is 1. The number of allylic oxidation sites excluding steroid dienone is 1. The molecule has 0 aromatic heterocycles. The highest BCUT2D eigenvalue weighted by molar-refractivity contribution is 6.43. The van der Waals surface area contributed by atoms with Crippen LogP contribution in [0.1, 0.15) is 43.7 Å². The van der Waals surface area contributed by atoms with Crippen LogP contribution in [0.5, 0.6) is 0 Å². The van der Waals surface area contributed by atoms with E-state index in [1.54, 1.807) is 24.3 Å². The Hall–Kier alpha value is -3.18. The number of nitrogens with two attached hydrogens (primary N) is 1. The summed E-state index contributed by atoms with van der Waals surface area (Å²) in [4.78, 5) is 21.5. The molecule has 31 heavy (non-hydrogen) atoms. The summed E-state index contributed by atoms with van der Waals surface area (Å²) >= 11 is 0. The van der Waals surface area contributed by atoms with Gasteiger partial charge in [0.05, 0.1) is 11.6 Å². The van der Waals surface area contributed by atoms with Crippen molar-refractivity contribution in [3.8, 4) is 6.07 Å². The van der Waals surface area contributed by atoms with E-state index >= 15 is 0 Å². The summed E-state index contributed by atoms with van der Waals surface area (Å²) in [5.41, 5.74) is 1.01. The molecule has 164 valence electrons. The Labute approximate surface area is 182 Å². The fourth-order valence-corrected chi connectivity index (χ4v) is 3.82. The molecule has 2 N–H and O–H groups in total. The van der Waals surface area contributed by atoms with Crippen LogP contribution in [0.15, 0.2) is 47.0 Å². The Morgan fingerprint density at radius 3 is 2.84 bits per heavy atom. The van der Waals surface area contributed by atoms with Crippen LogP contribution in [-0.2, 0) is 11.2 Å². The second kappa shape index (κ2) is 9.75. The summed E-state index contributed by atoms with van der Waals surface area (Å²) in [5, 5.41) is 10.3. The predicted molar refractivity (Wildman–Crippen MR) is 118 cm³/mol. The van der Waals surface area contributed by atoms with E-state index in [-0.39, 0.29) is 23.9 Å². The summed E-state index contributed by atoms with van der Waals surface area (Å²) in [6, 6.07) is 6.43. The number of hydrogen-bond donors (Lipinski definition) is 1. The first kappa shape index (κ1) is 22.5. The summed E-state index contributed by atoms with van der Waals surface area (Å²) < 4.78 is 14.3. The van der Waals surface area contributed by atoms with Crippen molar-refractivity contribution < 1.29 is 9.18 Å². The molecule has 1 atom stereocenters. The first-order valence-electron chi connectivity index (χ1n) is 10.5. The standard InChI is InChI=1S/C23H29FN6O/c1-16-7-5-4-6-12-29(16)23(31)20-14-22(28(2)3)30(26)21(27-20)11-10-18-9-8-17(15-25)13-19(18)24/h8-9,11,13-14,16H,4-7,10,12,26H2,1-3H3/b21-11-. The quantitative estimate of drug-likeness (QED) is 0.751. The van der Waals surface area contributed by atoms with Gasteiger partial charge in [-0.15, -0.1) is 0 Å². The average Bonchev–Trinajstić information content (AvgIpc) is 2.97. The Bertz CT molecular complexity index is 975. The predicted octanol–water partition coefficient (Wildman–Crippen LogP) is 2.91. The van der Waals surface area contributed by atoms with Crippen LogP contribution < -0.4 is 5.84 Å². The lowest BCUT2D eigenvalue weighted by atomic mass is 10.1. The molecule has 1 unspecified atom stereocenters. The monoisotopic (exact) mass is 424 g/mol. The molecule has 1 saturated heterocycles. The van der Waals surface area contributed by atoms with Crippen molar-refractivity contribution in [2.24, 2.45) is 10.8 Å². The molecule has 0 spiro atoms. The zero-order valence-corrected chi connectivity index (χ0v) is 18.3. The van der Waals surface area contributed by atoms with Gasteiger partial charge >= 0.3 is 0 Å². The molecule has 0 radical (unpaired) electrons. The van der Waals surface area contributed by atoms with Crippen LogP contribution in [-0.4, -0.2) is 53.1 Å². The number of halogens is 1. The van der Waals surface area contributed by atoms with Crippen molar-refractivity contribution in [3.63, 3.8) is 0 Å². The van der Waals surface area contributed by atoms with Gasteiger partial charge in [0.15, 0.2) is 0 Å². The van der Waals surface area contributed by atoms with Gasteiger partial charge in [-0.3, -0.25) is 4.79 Å². The van der Waals surface area contributed by atoms with Gasteiger partial charge in [0.1, 0.15) is 23.2 Å². The highest BCUT2D eigenvalue weighted by atomic mass is 19.1. The number of nitrogens with zero attached hydrogens (tertiary/aromatic N) is 5. The Balaban J connectivity index is 1.91. The first-order chi connectivity index (χ1) is 14.8. The normalized spacial score (nSPS) is 20.6. The van der Waals surface area contributed by atoms with Crippen LogP contribution in [0, 0.1) is 17.1 Å². The maximum atomic E-state index is 14.3. The lowest BCUT2D eigenvalue weighted by Crippen LogP contribution is -2.45. The molecule has 1 aromatic rings. The summed E-state index contributed by atoms with van der Waals surface area (Å²) in [6.45, 7) is 2.79.